The smallest absolute Gasteiger partial charge is 0.207 e. The molecule has 0 spiro atoms. The van der Waals surface area contributed by atoms with Crippen molar-refractivity contribution in [2.75, 3.05) is 0 Å². The van der Waals surface area contributed by atoms with Crippen LogP contribution in [0.3, 0.4) is 0 Å². The van der Waals surface area contributed by atoms with Crippen molar-refractivity contribution in [2.45, 2.75) is 17.9 Å². The van der Waals surface area contributed by atoms with Gasteiger partial charge in [-0.3, -0.25) is 0 Å². The minimum absolute atomic E-state index is 0.0477. The zero-order valence-electron chi connectivity index (χ0n) is 12.5. The molecule has 0 aliphatic carbocycles. The zero-order chi connectivity index (χ0) is 16.4. The largest absolute Gasteiger partial charge is 0.241 e. The van der Waals surface area contributed by atoms with Crippen LogP contribution in [0, 0.1) is 5.82 Å². The average Bonchev–Trinajstić information content (AvgIpc) is 2.54. The van der Waals surface area contributed by atoms with Gasteiger partial charge in [-0.05, 0) is 53.6 Å². The maximum Gasteiger partial charge on any atom is 0.241 e. The summed E-state index contributed by atoms with van der Waals surface area (Å²) in [5.41, 5.74) is 0.870. The molecule has 1 N–H and O–H groups in total. The number of halogens is 1. The van der Waals surface area contributed by atoms with Gasteiger partial charge < -0.3 is 0 Å². The van der Waals surface area contributed by atoms with E-state index in [1.54, 1.807) is 6.92 Å². The lowest BCUT2D eigenvalue weighted by atomic mass is 10.0. The lowest BCUT2D eigenvalue weighted by Gasteiger charge is -2.15. The van der Waals surface area contributed by atoms with Crippen molar-refractivity contribution in [3.8, 4) is 0 Å². The molecule has 0 unspecified atom stereocenters. The van der Waals surface area contributed by atoms with Gasteiger partial charge in [0.15, 0.2) is 0 Å². The Morgan fingerprint density at radius 3 is 2.26 bits per heavy atom. The summed E-state index contributed by atoms with van der Waals surface area (Å²) in [5.74, 6) is -0.466. The molecule has 0 saturated heterocycles. The first kappa shape index (κ1) is 15.6. The van der Waals surface area contributed by atoms with Crippen LogP contribution in [-0.2, 0) is 10.0 Å². The Morgan fingerprint density at radius 1 is 0.913 bits per heavy atom. The van der Waals surface area contributed by atoms with E-state index in [0.29, 0.717) is 0 Å². The molecular formula is C18H16FNO2S. The van der Waals surface area contributed by atoms with Gasteiger partial charge in [-0.2, -0.15) is 0 Å². The monoisotopic (exact) mass is 329 g/mol. The third kappa shape index (κ3) is 3.41. The van der Waals surface area contributed by atoms with Crippen LogP contribution in [0.15, 0.2) is 71.6 Å². The minimum Gasteiger partial charge on any atom is -0.207 e. The fourth-order valence-electron chi connectivity index (χ4n) is 2.46. The molecule has 0 saturated carbocycles. The molecule has 3 rings (SSSR count). The van der Waals surface area contributed by atoms with Crippen LogP contribution < -0.4 is 4.72 Å². The molecule has 1 atom stereocenters. The van der Waals surface area contributed by atoms with Crippen LogP contribution in [0.5, 0.6) is 0 Å². The minimum atomic E-state index is -3.69. The summed E-state index contributed by atoms with van der Waals surface area (Å²) >= 11 is 0. The molecule has 118 valence electrons. The third-order valence-corrected chi connectivity index (χ3v) is 5.29. The molecular weight excluding hydrogens is 313 g/mol. The number of rotatable bonds is 4. The predicted octanol–water partition coefficient (Wildman–Crippen LogP) is 4.02. The molecule has 0 heterocycles. The number of hydrogen-bond donors (Lipinski definition) is 1. The molecule has 0 aliphatic rings. The van der Waals surface area contributed by atoms with Crippen molar-refractivity contribution in [1.82, 2.24) is 4.72 Å². The summed E-state index contributed by atoms with van der Waals surface area (Å²) in [7, 11) is -3.69. The molecule has 0 bridgehead atoms. The van der Waals surface area contributed by atoms with E-state index in [-0.39, 0.29) is 4.90 Å². The van der Waals surface area contributed by atoms with Gasteiger partial charge in [0.25, 0.3) is 0 Å². The maximum atomic E-state index is 12.9. The normalized spacial score (nSPS) is 13.1. The third-order valence-electron chi connectivity index (χ3n) is 3.73. The average molecular weight is 329 g/mol. The molecule has 23 heavy (non-hydrogen) atoms. The fraction of sp³-hybridized carbons (Fsp3) is 0.111. The van der Waals surface area contributed by atoms with E-state index in [0.717, 1.165) is 28.5 Å². The Labute approximate surface area is 134 Å². The summed E-state index contributed by atoms with van der Waals surface area (Å²) < 4.78 is 40.3. The van der Waals surface area contributed by atoms with Gasteiger partial charge in [0.1, 0.15) is 5.82 Å². The van der Waals surface area contributed by atoms with Crippen LogP contribution in [-0.4, -0.2) is 8.42 Å². The van der Waals surface area contributed by atoms with E-state index in [4.69, 9.17) is 0 Å². The van der Waals surface area contributed by atoms with E-state index in [2.05, 4.69) is 4.72 Å². The second-order valence-corrected chi connectivity index (χ2v) is 7.12. The second-order valence-electron chi connectivity index (χ2n) is 5.40. The number of benzene rings is 3. The summed E-state index contributed by atoms with van der Waals surface area (Å²) in [4.78, 5) is 0.0477. The molecule has 3 nitrogen and oxygen atoms in total. The lowest BCUT2D eigenvalue weighted by molar-refractivity contribution is 0.566. The Bertz CT molecular complexity index is 937. The predicted molar refractivity (Wildman–Crippen MR) is 89.1 cm³/mol. The number of hydrogen-bond acceptors (Lipinski definition) is 2. The maximum absolute atomic E-state index is 12.9. The number of nitrogens with one attached hydrogen (secondary N) is 1. The Balaban J connectivity index is 1.87. The van der Waals surface area contributed by atoms with E-state index in [9.17, 15) is 12.8 Å². The van der Waals surface area contributed by atoms with E-state index in [1.165, 1.54) is 12.1 Å². The Morgan fingerprint density at radius 2 is 1.57 bits per heavy atom. The summed E-state index contributed by atoms with van der Waals surface area (Å²) in [6.45, 7) is 1.78. The molecule has 5 heteroatoms. The van der Waals surface area contributed by atoms with E-state index < -0.39 is 21.9 Å². The van der Waals surface area contributed by atoms with Gasteiger partial charge in [0, 0.05) is 6.04 Å². The highest BCUT2D eigenvalue weighted by Crippen LogP contribution is 2.22. The van der Waals surface area contributed by atoms with Crippen molar-refractivity contribution in [2.24, 2.45) is 0 Å². The first-order chi connectivity index (χ1) is 11.0. The van der Waals surface area contributed by atoms with Crippen molar-refractivity contribution < 1.29 is 12.8 Å². The first-order valence-electron chi connectivity index (χ1n) is 7.22. The summed E-state index contributed by atoms with van der Waals surface area (Å²) in [6.07, 6.45) is 0. The van der Waals surface area contributed by atoms with Gasteiger partial charge in [-0.1, -0.05) is 36.4 Å². The summed E-state index contributed by atoms with van der Waals surface area (Å²) in [6, 6.07) is 18.1. The topological polar surface area (TPSA) is 46.2 Å². The molecule has 0 fully saturated rings. The molecule has 0 aliphatic heterocycles. The van der Waals surface area contributed by atoms with Gasteiger partial charge in [-0.15, -0.1) is 0 Å². The van der Waals surface area contributed by atoms with Crippen LogP contribution in [0.2, 0.25) is 0 Å². The van der Waals surface area contributed by atoms with Crippen LogP contribution in [0.25, 0.3) is 10.8 Å². The van der Waals surface area contributed by atoms with Crippen LogP contribution >= 0.6 is 0 Å². The Kier molecular flexibility index (Phi) is 4.15. The molecule has 3 aromatic carbocycles. The van der Waals surface area contributed by atoms with E-state index in [1.807, 2.05) is 42.5 Å². The van der Waals surface area contributed by atoms with Crippen LogP contribution in [0.4, 0.5) is 4.39 Å². The quantitative estimate of drug-likeness (QED) is 0.786. The summed E-state index contributed by atoms with van der Waals surface area (Å²) in [5, 5.41) is 2.16. The Hall–Kier alpha value is -2.24. The molecule has 0 amide bonds. The highest BCUT2D eigenvalue weighted by atomic mass is 32.2. The fourth-order valence-corrected chi connectivity index (χ4v) is 3.69. The van der Waals surface area contributed by atoms with Crippen molar-refractivity contribution in [1.29, 1.82) is 0 Å². The van der Waals surface area contributed by atoms with Gasteiger partial charge >= 0.3 is 0 Å². The van der Waals surface area contributed by atoms with Gasteiger partial charge in [-0.25, -0.2) is 17.5 Å². The van der Waals surface area contributed by atoms with E-state index >= 15 is 0 Å². The molecule has 3 aromatic rings. The van der Waals surface area contributed by atoms with Gasteiger partial charge in [0.2, 0.25) is 10.0 Å². The second kappa shape index (κ2) is 6.10. The highest BCUT2D eigenvalue weighted by Gasteiger charge is 2.18. The highest BCUT2D eigenvalue weighted by molar-refractivity contribution is 7.89. The van der Waals surface area contributed by atoms with Crippen LogP contribution in [0.1, 0.15) is 18.5 Å². The number of fused-ring (bicyclic) bond motifs is 1. The first-order valence-corrected chi connectivity index (χ1v) is 8.71. The molecule has 0 aromatic heterocycles. The van der Waals surface area contributed by atoms with Gasteiger partial charge in [0.05, 0.1) is 4.90 Å². The SMILES string of the molecule is C[C@H](NS(=O)(=O)c1ccc(F)cc1)c1ccc2ccccc2c1. The van der Waals surface area contributed by atoms with Crippen molar-refractivity contribution >= 4 is 20.8 Å². The van der Waals surface area contributed by atoms with Crippen molar-refractivity contribution in [3.05, 3.63) is 78.1 Å². The molecule has 0 radical (unpaired) electrons. The number of sulfonamides is 1. The lowest BCUT2D eigenvalue weighted by Crippen LogP contribution is -2.26. The standard InChI is InChI=1S/C18H16FNO2S/c1-13(15-7-6-14-4-2-3-5-16(14)12-15)20-23(21,22)18-10-8-17(19)9-11-18/h2-13,20H,1H3/t13-/m0/s1. The van der Waals surface area contributed by atoms with Crippen molar-refractivity contribution in [3.63, 3.8) is 0 Å². The zero-order valence-corrected chi connectivity index (χ0v) is 13.3.